The van der Waals surface area contributed by atoms with Crippen LogP contribution in [0, 0.1) is 0 Å². The third-order valence-electron chi connectivity index (χ3n) is 5.45. The first-order valence-corrected chi connectivity index (χ1v) is 14.4. The molecule has 0 aliphatic heterocycles. The van der Waals surface area contributed by atoms with Crippen LogP contribution < -0.4 is 4.74 Å². The predicted molar refractivity (Wildman–Crippen MR) is 125 cm³/mol. The molecule has 0 aliphatic carbocycles. The van der Waals surface area contributed by atoms with Gasteiger partial charge >= 0.3 is 189 Å². The molecule has 0 saturated carbocycles. The Hall–Kier alpha value is -0.971. The Bertz CT molecular complexity index is 585. The maximum absolute atomic E-state index is 12.8. The van der Waals surface area contributed by atoms with Crippen molar-refractivity contribution < 1.29 is 14.3 Å². The Labute approximate surface area is 188 Å². The van der Waals surface area contributed by atoms with Crippen molar-refractivity contribution in [2.45, 2.75) is 88.9 Å². The molecule has 1 aromatic rings. The van der Waals surface area contributed by atoms with E-state index in [4.69, 9.17) is 9.47 Å². The Morgan fingerprint density at radius 3 is 1.86 bits per heavy atom. The molecule has 0 saturated heterocycles. The Morgan fingerprint density at radius 1 is 0.931 bits per heavy atom. The molecule has 4 heteroatoms. The van der Waals surface area contributed by atoms with Gasteiger partial charge < -0.3 is 0 Å². The molecule has 162 valence electrons. The first-order chi connectivity index (χ1) is 14.1. The quantitative estimate of drug-likeness (QED) is 0.145. The molecule has 0 fully saturated rings. The molecule has 0 aromatic heterocycles. The Kier molecular flexibility index (Phi) is 13.4. The second-order valence-electron chi connectivity index (χ2n) is 7.74. The van der Waals surface area contributed by atoms with Gasteiger partial charge in [0.15, 0.2) is 0 Å². The van der Waals surface area contributed by atoms with Crippen LogP contribution in [0.3, 0.4) is 0 Å². The zero-order chi connectivity index (χ0) is 21.5. The van der Waals surface area contributed by atoms with Gasteiger partial charge in [0.25, 0.3) is 0 Å². The van der Waals surface area contributed by atoms with Gasteiger partial charge in [0.1, 0.15) is 0 Å². The second kappa shape index (κ2) is 14.9. The van der Waals surface area contributed by atoms with Crippen LogP contribution in [0.15, 0.2) is 28.4 Å². The molecule has 0 unspecified atom stereocenters. The number of carbonyl (C=O) groups excluding carboxylic acids is 1. The summed E-state index contributed by atoms with van der Waals surface area (Å²) in [6, 6.07) is 7.80. The van der Waals surface area contributed by atoms with Crippen molar-refractivity contribution in [3.63, 3.8) is 0 Å². The van der Waals surface area contributed by atoms with Gasteiger partial charge in [-0.15, -0.1) is 0 Å². The summed E-state index contributed by atoms with van der Waals surface area (Å²) in [6.07, 6.45) is 11.5. The van der Waals surface area contributed by atoms with E-state index in [-0.39, 0.29) is 5.97 Å². The average Bonchev–Trinajstić information content (AvgIpc) is 2.75. The summed E-state index contributed by atoms with van der Waals surface area (Å²) >= 11 is -0.948. The zero-order valence-corrected chi connectivity index (χ0v) is 22.0. The van der Waals surface area contributed by atoms with E-state index in [0.717, 1.165) is 16.9 Å². The number of carbonyl (C=O) groups is 1. The molecule has 0 bridgehead atoms. The van der Waals surface area contributed by atoms with Gasteiger partial charge in [-0.3, -0.25) is 0 Å². The molecule has 3 nitrogen and oxygen atoms in total. The van der Waals surface area contributed by atoms with Crippen molar-refractivity contribution in [3.05, 3.63) is 33.9 Å². The van der Waals surface area contributed by atoms with Crippen LogP contribution in [0.2, 0.25) is 3.43 Å². The van der Waals surface area contributed by atoms with Crippen LogP contribution in [0.1, 0.15) is 91.0 Å². The SMILES string of the molecule is CCCC[C](CCCC)(CCCC)[Sn][CH]=C(C(=O)OCC)c1ccc(OC)cc1. The van der Waals surface area contributed by atoms with Gasteiger partial charge in [-0.05, 0) is 0 Å². The van der Waals surface area contributed by atoms with E-state index in [1.54, 1.807) is 7.11 Å². The van der Waals surface area contributed by atoms with E-state index in [2.05, 4.69) is 24.9 Å². The molecule has 0 amide bonds. The summed E-state index contributed by atoms with van der Waals surface area (Å²) in [4.78, 5) is 12.8. The first kappa shape index (κ1) is 26.1. The number of benzene rings is 1. The van der Waals surface area contributed by atoms with Crippen LogP contribution in [0.25, 0.3) is 5.57 Å². The number of esters is 1. The van der Waals surface area contributed by atoms with Crippen LogP contribution in [0.5, 0.6) is 5.75 Å². The third kappa shape index (κ3) is 9.15. The number of methoxy groups -OCH3 is 1. The van der Waals surface area contributed by atoms with Crippen molar-refractivity contribution in [2.24, 2.45) is 0 Å². The van der Waals surface area contributed by atoms with E-state index < -0.39 is 21.1 Å². The van der Waals surface area contributed by atoms with Crippen molar-refractivity contribution in [1.29, 1.82) is 0 Å². The number of rotatable bonds is 15. The van der Waals surface area contributed by atoms with Crippen molar-refractivity contribution in [2.75, 3.05) is 13.7 Å². The molecule has 0 atom stereocenters. The predicted octanol–water partition coefficient (Wildman–Crippen LogP) is 7.03. The molecular formula is C25H40O3Sn. The average molecular weight is 507 g/mol. The van der Waals surface area contributed by atoms with Crippen molar-refractivity contribution >= 4 is 32.7 Å². The van der Waals surface area contributed by atoms with E-state index in [1.165, 1.54) is 57.8 Å². The van der Waals surface area contributed by atoms with Gasteiger partial charge in [-0.25, -0.2) is 0 Å². The van der Waals surface area contributed by atoms with Gasteiger partial charge in [-0.2, -0.15) is 0 Å². The van der Waals surface area contributed by atoms with E-state index >= 15 is 0 Å². The minimum absolute atomic E-state index is 0.186. The van der Waals surface area contributed by atoms with Gasteiger partial charge in [0.05, 0.1) is 0 Å². The fourth-order valence-electron chi connectivity index (χ4n) is 3.60. The molecule has 1 aromatic carbocycles. The van der Waals surface area contributed by atoms with E-state index in [9.17, 15) is 4.79 Å². The molecular weight excluding hydrogens is 467 g/mol. The molecule has 1 rings (SSSR count). The number of hydrogen-bond acceptors (Lipinski definition) is 3. The van der Waals surface area contributed by atoms with Crippen LogP contribution in [-0.2, 0) is 9.53 Å². The molecule has 0 aliphatic rings. The fourth-order valence-corrected chi connectivity index (χ4v) is 8.45. The summed E-state index contributed by atoms with van der Waals surface area (Å²) < 4.78 is 13.5. The van der Waals surface area contributed by atoms with Crippen molar-refractivity contribution in [1.82, 2.24) is 0 Å². The first-order valence-electron chi connectivity index (χ1n) is 11.3. The molecule has 0 N–H and O–H groups in total. The number of hydrogen-bond donors (Lipinski definition) is 0. The maximum atomic E-state index is 12.8. The molecule has 0 spiro atoms. The molecule has 2 radical (unpaired) electrons. The molecule has 0 heterocycles. The molecule has 29 heavy (non-hydrogen) atoms. The zero-order valence-electron chi connectivity index (χ0n) is 19.2. The number of unbranched alkanes of at least 4 members (excludes halogenated alkanes) is 3. The van der Waals surface area contributed by atoms with Crippen molar-refractivity contribution in [3.8, 4) is 5.75 Å². The third-order valence-corrected chi connectivity index (χ3v) is 10.6. The Morgan fingerprint density at radius 2 is 1.45 bits per heavy atom. The monoisotopic (exact) mass is 508 g/mol. The topological polar surface area (TPSA) is 35.5 Å². The summed E-state index contributed by atoms with van der Waals surface area (Å²) in [6.45, 7) is 9.13. The van der Waals surface area contributed by atoms with E-state index in [1.807, 2.05) is 31.2 Å². The van der Waals surface area contributed by atoms with Crippen LogP contribution in [-0.4, -0.2) is 40.8 Å². The summed E-state index contributed by atoms with van der Waals surface area (Å²) in [5.41, 5.74) is 1.70. The Balaban J connectivity index is 3.22. The minimum atomic E-state index is -0.948. The fraction of sp³-hybridized carbons (Fsp3) is 0.640. The van der Waals surface area contributed by atoms with Crippen LogP contribution in [0.4, 0.5) is 0 Å². The summed E-state index contributed by atoms with van der Waals surface area (Å²) in [7, 11) is 1.66. The normalized spacial score (nSPS) is 12.1. The number of ether oxygens (including phenoxy) is 2. The second-order valence-corrected chi connectivity index (χ2v) is 12.4. The van der Waals surface area contributed by atoms with Gasteiger partial charge in [-0.1, -0.05) is 0 Å². The van der Waals surface area contributed by atoms with Gasteiger partial charge in [0.2, 0.25) is 0 Å². The van der Waals surface area contributed by atoms with Crippen LogP contribution >= 0.6 is 0 Å². The summed E-state index contributed by atoms with van der Waals surface area (Å²) in [5, 5.41) is 0. The van der Waals surface area contributed by atoms with E-state index in [0.29, 0.717) is 10.0 Å². The van der Waals surface area contributed by atoms with Gasteiger partial charge in [0, 0.05) is 0 Å². The summed E-state index contributed by atoms with van der Waals surface area (Å²) in [5.74, 6) is 0.620. The standard InChI is InChI=1S/C13H27.C12H13O3.Sn/c1-4-7-10-13(11-8-5-2)12-9-6-3;1-4-15-12(13)9(2)10-5-7-11(14-3)8-6-10;/h4-12H2,1-3H3;2,5-8H,4H2,1,3H3;.